The average molecular weight is 200 g/mol. The fraction of sp³-hybridized carbons (Fsp3) is 0.250. The van der Waals surface area contributed by atoms with Crippen molar-refractivity contribution in [1.29, 1.82) is 0 Å². The van der Waals surface area contributed by atoms with Gasteiger partial charge >= 0.3 is 0 Å². The molecule has 1 aliphatic rings. The van der Waals surface area contributed by atoms with E-state index in [2.05, 4.69) is 10.3 Å². The molecule has 13 heavy (non-hydrogen) atoms. The molecule has 0 unspecified atom stereocenters. The second kappa shape index (κ2) is 3.72. The molecule has 3 N–H and O–H groups in total. The van der Waals surface area contributed by atoms with Gasteiger partial charge in [-0.25, -0.2) is 4.98 Å². The van der Waals surface area contributed by atoms with Crippen molar-refractivity contribution in [1.82, 2.24) is 4.98 Å². The number of hydrogen-bond acceptors (Lipinski definition) is 3. The first-order chi connectivity index (χ1) is 5.81. The summed E-state index contributed by atoms with van der Waals surface area (Å²) in [5, 5.41) is 2.67. The first-order valence-corrected chi connectivity index (χ1v) is 3.78. The SMILES string of the molecule is Cl.NCc1ccnc2c1CC(=O)N2. The topological polar surface area (TPSA) is 68.0 Å². The van der Waals surface area contributed by atoms with Gasteiger partial charge in [0.15, 0.2) is 0 Å². The molecule has 0 atom stereocenters. The van der Waals surface area contributed by atoms with Gasteiger partial charge in [-0.15, -0.1) is 12.4 Å². The predicted molar refractivity (Wildman–Crippen MR) is 51.7 cm³/mol. The third-order valence-electron chi connectivity index (χ3n) is 1.97. The summed E-state index contributed by atoms with van der Waals surface area (Å²) in [6.07, 6.45) is 2.07. The van der Waals surface area contributed by atoms with E-state index < -0.39 is 0 Å². The number of pyridine rings is 1. The van der Waals surface area contributed by atoms with Gasteiger partial charge in [-0.05, 0) is 11.6 Å². The molecule has 2 rings (SSSR count). The van der Waals surface area contributed by atoms with E-state index in [9.17, 15) is 4.79 Å². The highest BCUT2D eigenvalue weighted by Crippen LogP contribution is 2.22. The van der Waals surface area contributed by atoms with Gasteiger partial charge in [0.25, 0.3) is 0 Å². The maximum Gasteiger partial charge on any atom is 0.230 e. The molecule has 4 nitrogen and oxygen atoms in total. The molecule has 0 bridgehead atoms. The third kappa shape index (κ3) is 1.64. The molecule has 0 saturated carbocycles. The number of carbonyl (C=O) groups excluding carboxylic acids is 1. The van der Waals surface area contributed by atoms with Gasteiger partial charge < -0.3 is 11.1 Å². The number of nitrogens with zero attached hydrogens (tertiary/aromatic N) is 1. The summed E-state index contributed by atoms with van der Waals surface area (Å²) >= 11 is 0. The van der Waals surface area contributed by atoms with E-state index in [-0.39, 0.29) is 18.3 Å². The van der Waals surface area contributed by atoms with Crippen LogP contribution in [-0.4, -0.2) is 10.9 Å². The van der Waals surface area contributed by atoms with Gasteiger partial charge in [0.2, 0.25) is 5.91 Å². The van der Waals surface area contributed by atoms with E-state index in [4.69, 9.17) is 5.73 Å². The zero-order valence-electron chi connectivity index (χ0n) is 6.91. The summed E-state index contributed by atoms with van der Waals surface area (Å²) in [5.74, 6) is 0.668. The molecule has 0 aliphatic carbocycles. The van der Waals surface area contributed by atoms with E-state index in [1.54, 1.807) is 6.20 Å². The zero-order valence-corrected chi connectivity index (χ0v) is 7.73. The summed E-state index contributed by atoms with van der Waals surface area (Å²) in [4.78, 5) is 15.0. The summed E-state index contributed by atoms with van der Waals surface area (Å²) in [7, 11) is 0. The van der Waals surface area contributed by atoms with Gasteiger partial charge in [0.05, 0.1) is 6.42 Å². The van der Waals surface area contributed by atoms with Crippen LogP contribution in [0, 0.1) is 0 Å². The molecule has 0 spiro atoms. The highest BCUT2D eigenvalue weighted by molar-refractivity contribution is 5.98. The number of nitrogens with two attached hydrogens (primary N) is 1. The van der Waals surface area contributed by atoms with E-state index in [0.29, 0.717) is 18.8 Å². The standard InChI is InChI=1S/C8H9N3O.ClH/c9-4-5-1-2-10-8-6(5)3-7(12)11-8;/h1-2H,3-4,9H2,(H,10,11,12);1H. The van der Waals surface area contributed by atoms with Crippen LogP contribution < -0.4 is 11.1 Å². The summed E-state index contributed by atoms with van der Waals surface area (Å²) in [5.41, 5.74) is 7.45. The van der Waals surface area contributed by atoms with E-state index >= 15 is 0 Å². The Kier molecular flexibility index (Phi) is 2.85. The molecule has 2 heterocycles. The van der Waals surface area contributed by atoms with Crippen molar-refractivity contribution in [2.75, 3.05) is 5.32 Å². The maximum atomic E-state index is 11.0. The van der Waals surface area contributed by atoms with Crippen molar-refractivity contribution < 1.29 is 4.79 Å². The highest BCUT2D eigenvalue weighted by Gasteiger charge is 2.20. The largest absolute Gasteiger partial charge is 0.326 e. The normalized spacial score (nSPS) is 13.2. The Morgan fingerprint density at radius 2 is 2.38 bits per heavy atom. The summed E-state index contributed by atoms with van der Waals surface area (Å²) in [6.45, 7) is 0.458. The Morgan fingerprint density at radius 1 is 1.62 bits per heavy atom. The molecule has 70 valence electrons. The number of nitrogens with one attached hydrogen (secondary N) is 1. The Labute approximate surface area is 81.9 Å². The van der Waals surface area contributed by atoms with Crippen molar-refractivity contribution >= 4 is 24.1 Å². The molecule has 0 saturated heterocycles. The number of rotatable bonds is 1. The second-order valence-corrected chi connectivity index (χ2v) is 2.73. The van der Waals surface area contributed by atoms with Gasteiger partial charge in [-0.3, -0.25) is 4.79 Å². The summed E-state index contributed by atoms with van der Waals surface area (Å²) in [6, 6.07) is 1.85. The molecule has 0 aromatic carbocycles. The zero-order chi connectivity index (χ0) is 8.55. The van der Waals surface area contributed by atoms with Crippen LogP contribution >= 0.6 is 12.4 Å². The second-order valence-electron chi connectivity index (χ2n) is 2.73. The molecule has 1 aromatic rings. The lowest BCUT2D eigenvalue weighted by molar-refractivity contribution is -0.115. The first kappa shape index (κ1) is 9.95. The minimum atomic E-state index is -0.00148. The predicted octanol–water partition coefficient (Wildman–Crippen LogP) is 0.457. The fourth-order valence-electron chi connectivity index (χ4n) is 1.37. The van der Waals surface area contributed by atoms with Crippen LogP contribution in [0.15, 0.2) is 12.3 Å². The van der Waals surface area contributed by atoms with Crippen molar-refractivity contribution in [2.45, 2.75) is 13.0 Å². The lowest BCUT2D eigenvalue weighted by Gasteiger charge is -2.01. The van der Waals surface area contributed by atoms with Crippen LogP contribution in [0.25, 0.3) is 0 Å². The number of fused-ring (bicyclic) bond motifs is 1. The van der Waals surface area contributed by atoms with Crippen LogP contribution in [0.2, 0.25) is 0 Å². The molecule has 5 heteroatoms. The van der Waals surface area contributed by atoms with Crippen LogP contribution in [0.5, 0.6) is 0 Å². The number of carbonyl (C=O) groups is 1. The molecule has 1 aliphatic heterocycles. The number of hydrogen-bond donors (Lipinski definition) is 2. The number of aromatic nitrogens is 1. The lowest BCUT2D eigenvalue weighted by atomic mass is 10.1. The van der Waals surface area contributed by atoms with Crippen molar-refractivity contribution in [3.63, 3.8) is 0 Å². The van der Waals surface area contributed by atoms with Gasteiger partial charge in [0, 0.05) is 18.3 Å². The maximum absolute atomic E-state index is 11.0. The van der Waals surface area contributed by atoms with Crippen molar-refractivity contribution in [2.24, 2.45) is 5.73 Å². The summed E-state index contributed by atoms with van der Waals surface area (Å²) < 4.78 is 0. The van der Waals surface area contributed by atoms with Crippen molar-refractivity contribution in [3.8, 4) is 0 Å². The average Bonchev–Trinajstić information content (AvgIpc) is 2.44. The van der Waals surface area contributed by atoms with Crippen LogP contribution in [-0.2, 0) is 17.8 Å². The number of halogens is 1. The minimum Gasteiger partial charge on any atom is -0.326 e. The lowest BCUT2D eigenvalue weighted by Crippen LogP contribution is -2.04. The molecule has 1 aromatic heterocycles. The molecule has 0 fully saturated rings. The Morgan fingerprint density at radius 3 is 3.08 bits per heavy atom. The minimum absolute atomic E-state index is 0. The molecule has 0 radical (unpaired) electrons. The smallest absolute Gasteiger partial charge is 0.230 e. The highest BCUT2D eigenvalue weighted by atomic mass is 35.5. The molecular formula is C8H10ClN3O. The van der Waals surface area contributed by atoms with Crippen LogP contribution in [0.1, 0.15) is 11.1 Å². The monoisotopic (exact) mass is 199 g/mol. The van der Waals surface area contributed by atoms with E-state index in [0.717, 1.165) is 11.1 Å². The van der Waals surface area contributed by atoms with Gasteiger partial charge in [-0.2, -0.15) is 0 Å². The Balaban J connectivity index is 0.000000845. The third-order valence-corrected chi connectivity index (χ3v) is 1.97. The van der Waals surface area contributed by atoms with Crippen LogP contribution in [0.4, 0.5) is 5.82 Å². The van der Waals surface area contributed by atoms with E-state index in [1.165, 1.54) is 0 Å². The van der Waals surface area contributed by atoms with Gasteiger partial charge in [-0.1, -0.05) is 0 Å². The Bertz CT molecular complexity index is 340. The molecule has 1 amide bonds. The first-order valence-electron chi connectivity index (χ1n) is 3.78. The van der Waals surface area contributed by atoms with E-state index in [1.807, 2.05) is 6.07 Å². The number of amides is 1. The van der Waals surface area contributed by atoms with Crippen LogP contribution in [0.3, 0.4) is 0 Å². The molecular weight excluding hydrogens is 190 g/mol. The number of anilines is 1. The quantitative estimate of drug-likeness (QED) is 0.691. The Hall–Kier alpha value is -1.13. The van der Waals surface area contributed by atoms with Gasteiger partial charge in [0.1, 0.15) is 5.82 Å². The fourth-order valence-corrected chi connectivity index (χ4v) is 1.37. The van der Waals surface area contributed by atoms with Crippen molar-refractivity contribution in [3.05, 3.63) is 23.4 Å².